The predicted molar refractivity (Wildman–Crippen MR) is 116 cm³/mol. The Labute approximate surface area is 183 Å². The molecule has 0 saturated carbocycles. The van der Waals surface area contributed by atoms with E-state index in [9.17, 15) is 9.90 Å². The molecule has 1 aromatic heterocycles. The van der Waals surface area contributed by atoms with Crippen molar-refractivity contribution in [2.45, 2.75) is 6.92 Å². The van der Waals surface area contributed by atoms with Crippen molar-refractivity contribution in [3.8, 4) is 16.9 Å². The molecule has 8 heteroatoms. The number of halogens is 1. The van der Waals surface area contributed by atoms with Gasteiger partial charge in [-0.3, -0.25) is 4.79 Å². The van der Waals surface area contributed by atoms with E-state index in [0.717, 1.165) is 30.1 Å². The van der Waals surface area contributed by atoms with Crippen molar-refractivity contribution in [1.82, 2.24) is 5.16 Å². The minimum Gasteiger partial charge on any atom is -0.504 e. The molecule has 0 spiro atoms. The Morgan fingerprint density at radius 1 is 1.23 bits per heavy atom. The summed E-state index contributed by atoms with van der Waals surface area (Å²) >= 11 is 6.50. The molecule has 2 N–H and O–H groups in total. The van der Waals surface area contributed by atoms with E-state index in [1.54, 1.807) is 25.1 Å². The number of nitrogens with zero attached hydrogens (tertiary/aromatic N) is 1. The molecule has 0 aliphatic carbocycles. The molecule has 3 aromatic rings. The van der Waals surface area contributed by atoms with E-state index in [2.05, 4.69) is 10.5 Å². The molecule has 2 aliphatic heterocycles. The Kier molecular flexibility index (Phi) is 4.92. The first kappa shape index (κ1) is 19.7. The molecule has 2 aliphatic rings. The van der Waals surface area contributed by atoms with Crippen LogP contribution in [0.1, 0.15) is 17.0 Å². The number of aliphatic hydroxyl groups excluding tert-OH is 1. The third-order valence-electron chi connectivity index (χ3n) is 5.31. The van der Waals surface area contributed by atoms with Gasteiger partial charge >= 0.3 is 0 Å². The van der Waals surface area contributed by atoms with Crippen molar-refractivity contribution >= 4 is 34.5 Å². The number of aryl methyl sites for hydroxylation is 1. The summed E-state index contributed by atoms with van der Waals surface area (Å²) in [6, 6.07) is 12.6. The van der Waals surface area contributed by atoms with Gasteiger partial charge in [-0.05, 0) is 36.8 Å². The molecule has 1 amide bonds. The first-order chi connectivity index (χ1) is 15.0. The van der Waals surface area contributed by atoms with E-state index in [1.807, 2.05) is 24.3 Å². The Morgan fingerprint density at radius 2 is 2.00 bits per heavy atom. The molecule has 7 nitrogen and oxygen atoms in total. The molecule has 5 rings (SSSR count). The molecular formula is C23H19ClN2O5. The van der Waals surface area contributed by atoms with Crippen LogP contribution in [0.25, 0.3) is 22.5 Å². The molecule has 0 unspecified atom stereocenters. The Hall–Kier alpha value is -3.29. The van der Waals surface area contributed by atoms with Gasteiger partial charge in [0.1, 0.15) is 5.75 Å². The quantitative estimate of drug-likeness (QED) is 0.442. The van der Waals surface area contributed by atoms with Crippen LogP contribution in [0.2, 0.25) is 5.02 Å². The van der Waals surface area contributed by atoms with Gasteiger partial charge in [-0.1, -0.05) is 28.9 Å². The number of hydrogen-bond donors (Lipinski definition) is 2. The number of hydrogen-bond acceptors (Lipinski definition) is 6. The minimum absolute atomic E-state index is 0.117. The third kappa shape index (κ3) is 3.66. The van der Waals surface area contributed by atoms with Gasteiger partial charge in [0, 0.05) is 23.1 Å². The Balaban J connectivity index is 1.48. The topological polar surface area (TPSA) is 93.8 Å². The van der Waals surface area contributed by atoms with Gasteiger partial charge in [-0.2, -0.15) is 0 Å². The highest BCUT2D eigenvalue weighted by atomic mass is 35.5. The number of anilines is 1. The zero-order valence-electron chi connectivity index (χ0n) is 16.6. The average molecular weight is 439 g/mol. The predicted octanol–water partition coefficient (Wildman–Crippen LogP) is 4.71. The summed E-state index contributed by atoms with van der Waals surface area (Å²) in [4.78, 5) is 12.6. The van der Waals surface area contributed by atoms with Crippen molar-refractivity contribution in [3.05, 3.63) is 64.5 Å². The number of carbonyl (C=O) groups excluding carboxylic acids is 1. The van der Waals surface area contributed by atoms with Crippen molar-refractivity contribution < 1.29 is 23.9 Å². The second kappa shape index (κ2) is 7.76. The van der Waals surface area contributed by atoms with Crippen LogP contribution < -0.4 is 10.1 Å². The maximum absolute atomic E-state index is 12.6. The van der Waals surface area contributed by atoms with Crippen LogP contribution in [0.4, 0.5) is 5.69 Å². The molecule has 0 radical (unpaired) electrons. The van der Waals surface area contributed by atoms with Gasteiger partial charge in [-0.25, -0.2) is 0 Å². The highest BCUT2D eigenvalue weighted by molar-refractivity contribution is 6.38. The van der Waals surface area contributed by atoms with Crippen LogP contribution in [0.3, 0.4) is 0 Å². The normalized spacial score (nSPS) is 17.2. The highest BCUT2D eigenvalue weighted by Gasteiger charge is 2.31. The summed E-state index contributed by atoms with van der Waals surface area (Å²) in [5.41, 5.74) is 3.38. The van der Waals surface area contributed by atoms with Gasteiger partial charge in [0.15, 0.2) is 5.76 Å². The van der Waals surface area contributed by atoms with E-state index in [1.165, 1.54) is 0 Å². The summed E-state index contributed by atoms with van der Waals surface area (Å²) in [6.45, 7) is 3.85. The second-order valence-corrected chi connectivity index (χ2v) is 8.03. The summed E-state index contributed by atoms with van der Waals surface area (Å²) in [5.74, 6) is 0.642. The third-order valence-corrected chi connectivity index (χ3v) is 5.62. The first-order valence-corrected chi connectivity index (χ1v) is 10.2. The van der Waals surface area contributed by atoms with Crippen LogP contribution in [0.5, 0.6) is 5.75 Å². The molecular weight excluding hydrogens is 420 g/mol. The maximum Gasteiger partial charge on any atom is 0.260 e. The molecule has 31 heavy (non-hydrogen) atoms. The van der Waals surface area contributed by atoms with E-state index < -0.39 is 5.91 Å². The summed E-state index contributed by atoms with van der Waals surface area (Å²) in [7, 11) is 0. The van der Waals surface area contributed by atoms with Crippen LogP contribution in [0, 0.1) is 12.8 Å². The lowest BCUT2D eigenvalue weighted by Gasteiger charge is -2.25. The van der Waals surface area contributed by atoms with Crippen LogP contribution in [-0.2, 0) is 9.53 Å². The fraction of sp³-hybridized carbons (Fsp3) is 0.217. The largest absolute Gasteiger partial charge is 0.504 e. The van der Waals surface area contributed by atoms with Crippen LogP contribution in [0.15, 0.2) is 47.0 Å². The zero-order valence-corrected chi connectivity index (χ0v) is 17.4. The number of nitrogens with one attached hydrogen (secondary N) is 1. The van der Waals surface area contributed by atoms with Gasteiger partial charge in [0.25, 0.3) is 5.91 Å². The fourth-order valence-corrected chi connectivity index (χ4v) is 3.84. The van der Waals surface area contributed by atoms with E-state index in [4.69, 9.17) is 25.6 Å². The summed E-state index contributed by atoms with van der Waals surface area (Å²) in [6.07, 6.45) is 0. The average Bonchev–Trinajstić information content (AvgIpc) is 3.28. The first-order valence-electron chi connectivity index (χ1n) is 9.83. The Bertz CT molecular complexity index is 1200. The second-order valence-electron chi connectivity index (χ2n) is 7.63. The molecule has 1 fully saturated rings. The summed E-state index contributed by atoms with van der Waals surface area (Å²) in [5, 5.41) is 17.7. The van der Waals surface area contributed by atoms with E-state index in [0.29, 0.717) is 34.5 Å². The number of amides is 1. The molecule has 0 bridgehead atoms. The van der Waals surface area contributed by atoms with Gasteiger partial charge in [-0.15, -0.1) is 0 Å². The van der Waals surface area contributed by atoms with E-state index in [-0.39, 0.29) is 17.1 Å². The van der Waals surface area contributed by atoms with Crippen molar-refractivity contribution in [2.24, 2.45) is 5.92 Å². The lowest BCUT2D eigenvalue weighted by Crippen LogP contribution is -2.32. The zero-order chi connectivity index (χ0) is 21.5. The Morgan fingerprint density at radius 3 is 2.65 bits per heavy atom. The molecule has 158 valence electrons. The van der Waals surface area contributed by atoms with Gasteiger partial charge < -0.3 is 24.4 Å². The molecule has 0 atom stereocenters. The smallest absolute Gasteiger partial charge is 0.260 e. The lowest BCUT2D eigenvalue weighted by atomic mass is 9.98. The van der Waals surface area contributed by atoms with Crippen molar-refractivity contribution in [3.63, 3.8) is 0 Å². The minimum atomic E-state index is -0.432. The summed E-state index contributed by atoms with van der Waals surface area (Å²) < 4.78 is 16.1. The van der Waals surface area contributed by atoms with Gasteiger partial charge in [0.2, 0.25) is 5.76 Å². The highest BCUT2D eigenvalue weighted by Crippen LogP contribution is 2.42. The molecule has 1 saturated heterocycles. The fourth-order valence-electron chi connectivity index (χ4n) is 3.57. The lowest BCUT2D eigenvalue weighted by molar-refractivity contribution is -0.110. The van der Waals surface area contributed by atoms with E-state index >= 15 is 0 Å². The monoisotopic (exact) mass is 438 g/mol. The standard InChI is InChI=1S/C23H19ClN2O5/c1-12-6-20(31-26-12)22(27)21-17-7-16(18(24)8-19(17)25-23(21)28)14-2-4-15(5-3-14)30-11-13-9-29-10-13/h2-8,13,27H,9-11H2,1H3,(H,25,28). The number of ether oxygens (including phenoxy) is 2. The maximum atomic E-state index is 12.6. The number of aromatic nitrogens is 1. The SMILES string of the molecule is Cc1cc(C(O)=C2C(=O)Nc3cc(Cl)c(-c4ccc(OCC5COC5)cc4)cc32)on1. The van der Waals surface area contributed by atoms with Crippen molar-refractivity contribution in [1.29, 1.82) is 0 Å². The van der Waals surface area contributed by atoms with Gasteiger partial charge in [0.05, 0.1) is 41.8 Å². The van der Waals surface area contributed by atoms with Crippen LogP contribution in [-0.4, -0.2) is 36.0 Å². The van der Waals surface area contributed by atoms with Crippen molar-refractivity contribution in [2.75, 3.05) is 25.1 Å². The molecule has 3 heterocycles. The number of fused-ring (bicyclic) bond motifs is 1. The number of benzene rings is 2. The number of carbonyl (C=O) groups is 1. The number of aliphatic hydroxyl groups is 1. The number of rotatable bonds is 5. The molecule has 2 aromatic carbocycles. The van der Waals surface area contributed by atoms with Crippen LogP contribution >= 0.6 is 11.6 Å².